The summed E-state index contributed by atoms with van der Waals surface area (Å²) in [7, 11) is 0. The van der Waals surface area contributed by atoms with Crippen LogP contribution in [0.25, 0.3) is 11.1 Å². The van der Waals surface area contributed by atoms with E-state index in [0.29, 0.717) is 5.56 Å². The summed E-state index contributed by atoms with van der Waals surface area (Å²) in [4.78, 5) is 0. The van der Waals surface area contributed by atoms with Gasteiger partial charge in [-0.25, -0.2) is 0 Å². The lowest BCUT2D eigenvalue weighted by Crippen LogP contribution is -1.97. The Balaban J connectivity index is 1.71. The predicted octanol–water partition coefficient (Wildman–Crippen LogP) is 6.34. The molecule has 0 aliphatic carbocycles. The van der Waals surface area contributed by atoms with Gasteiger partial charge in [0.25, 0.3) is 0 Å². The minimum atomic E-state index is 0.686. The number of nitriles is 1. The molecule has 0 atom stereocenters. The van der Waals surface area contributed by atoms with Crippen molar-refractivity contribution in [3.05, 3.63) is 54.1 Å². The highest BCUT2D eigenvalue weighted by Gasteiger charge is 2.00. The number of alkyl halides is 1. The Kier molecular flexibility index (Phi) is 8.41. The highest BCUT2D eigenvalue weighted by atomic mass is 79.9. The maximum absolute atomic E-state index is 8.84. The minimum absolute atomic E-state index is 0.686. The summed E-state index contributed by atoms with van der Waals surface area (Å²) in [5.74, 6) is 0.923. The van der Waals surface area contributed by atoms with Crippen LogP contribution in [0.4, 0.5) is 0 Å². The van der Waals surface area contributed by atoms with Crippen molar-refractivity contribution in [3.63, 3.8) is 0 Å². The molecule has 0 spiro atoms. The van der Waals surface area contributed by atoms with Gasteiger partial charge < -0.3 is 4.74 Å². The van der Waals surface area contributed by atoms with Gasteiger partial charge >= 0.3 is 0 Å². The molecule has 0 aliphatic heterocycles. The summed E-state index contributed by atoms with van der Waals surface area (Å²) in [6.07, 6.45) is 7.58. The Morgan fingerprint density at radius 1 is 0.750 bits per heavy atom. The summed E-state index contributed by atoms with van der Waals surface area (Å²) >= 11 is 3.46. The fourth-order valence-corrected chi connectivity index (χ4v) is 2.97. The Labute approximate surface area is 153 Å². The van der Waals surface area contributed by atoms with Crippen molar-refractivity contribution in [2.24, 2.45) is 0 Å². The van der Waals surface area contributed by atoms with Crippen LogP contribution in [-0.4, -0.2) is 11.9 Å². The third-order valence-electron chi connectivity index (χ3n) is 4.00. The number of unbranched alkanes of at least 4 members (excludes halogenated alkanes) is 5. The lowest BCUT2D eigenvalue weighted by atomic mass is 10.0. The van der Waals surface area contributed by atoms with E-state index in [1.165, 1.54) is 32.1 Å². The first-order chi connectivity index (χ1) is 11.8. The van der Waals surface area contributed by atoms with Crippen LogP contribution in [-0.2, 0) is 0 Å². The fourth-order valence-electron chi connectivity index (χ4n) is 2.57. The van der Waals surface area contributed by atoms with Crippen LogP contribution in [0, 0.1) is 11.3 Å². The minimum Gasteiger partial charge on any atom is -0.494 e. The predicted molar refractivity (Wildman–Crippen MR) is 104 cm³/mol. The van der Waals surface area contributed by atoms with Crippen LogP contribution in [0.1, 0.15) is 44.1 Å². The number of nitrogens with zero attached hydrogens (tertiary/aromatic N) is 1. The molecule has 0 saturated heterocycles. The van der Waals surface area contributed by atoms with Gasteiger partial charge in [0.1, 0.15) is 5.75 Å². The summed E-state index contributed by atoms with van der Waals surface area (Å²) in [6.45, 7) is 0.786. The van der Waals surface area contributed by atoms with Gasteiger partial charge in [-0.1, -0.05) is 65.9 Å². The second kappa shape index (κ2) is 10.9. The molecule has 2 nitrogen and oxygen atoms in total. The number of benzene rings is 2. The van der Waals surface area contributed by atoms with E-state index in [1.54, 1.807) is 0 Å². The van der Waals surface area contributed by atoms with E-state index in [2.05, 4.69) is 34.1 Å². The van der Waals surface area contributed by atoms with E-state index < -0.39 is 0 Å². The average Bonchev–Trinajstić information content (AvgIpc) is 2.64. The van der Waals surface area contributed by atoms with Crippen LogP contribution < -0.4 is 4.74 Å². The molecule has 2 aromatic rings. The van der Waals surface area contributed by atoms with Gasteiger partial charge in [-0.05, 0) is 48.2 Å². The van der Waals surface area contributed by atoms with Crippen molar-refractivity contribution in [3.8, 4) is 22.9 Å². The molecule has 0 radical (unpaired) electrons. The van der Waals surface area contributed by atoms with Gasteiger partial charge in [-0.3, -0.25) is 0 Å². The van der Waals surface area contributed by atoms with Gasteiger partial charge in [-0.15, -0.1) is 0 Å². The summed E-state index contributed by atoms with van der Waals surface area (Å²) in [5.41, 5.74) is 2.94. The number of rotatable bonds is 10. The molecule has 0 bridgehead atoms. The topological polar surface area (TPSA) is 33.0 Å². The molecule has 0 saturated carbocycles. The molecule has 24 heavy (non-hydrogen) atoms. The van der Waals surface area contributed by atoms with Gasteiger partial charge in [0.2, 0.25) is 0 Å². The van der Waals surface area contributed by atoms with Crippen molar-refractivity contribution >= 4 is 15.9 Å². The van der Waals surface area contributed by atoms with Crippen LogP contribution in [0.5, 0.6) is 5.75 Å². The number of halogens is 1. The zero-order chi connectivity index (χ0) is 17.0. The van der Waals surface area contributed by atoms with Gasteiger partial charge in [0.05, 0.1) is 18.2 Å². The Morgan fingerprint density at radius 3 is 1.88 bits per heavy atom. The molecule has 0 fully saturated rings. The standard InChI is InChI=1S/C21H24BrNO/c22-15-5-3-1-2-4-6-16-24-21-13-11-20(12-14-21)19-9-7-18(17-23)8-10-19/h7-14H,1-6,15-16H2. The summed E-state index contributed by atoms with van der Waals surface area (Å²) < 4.78 is 5.81. The second-order valence-corrected chi connectivity index (χ2v) is 6.67. The largest absolute Gasteiger partial charge is 0.494 e. The van der Waals surface area contributed by atoms with Crippen molar-refractivity contribution in [2.45, 2.75) is 38.5 Å². The molecule has 2 rings (SSSR count). The van der Waals surface area contributed by atoms with E-state index in [-0.39, 0.29) is 0 Å². The molecule has 2 aromatic carbocycles. The third kappa shape index (κ3) is 6.37. The van der Waals surface area contributed by atoms with E-state index in [9.17, 15) is 0 Å². The monoisotopic (exact) mass is 385 g/mol. The highest BCUT2D eigenvalue weighted by Crippen LogP contribution is 2.23. The van der Waals surface area contributed by atoms with Crippen LogP contribution in [0.3, 0.4) is 0 Å². The molecule has 0 amide bonds. The molecule has 3 heteroatoms. The van der Waals surface area contributed by atoms with E-state index in [0.717, 1.165) is 35.2 Å². The molecule has 0 unspecified atom stereocenters. The molecular formula is C21H24BrNO. The zero-order valence-electron chi connectivity index (χ0n) is 14.0. The van der Waals surface area contributed by atoms with Gasteiger partial charge in [0.15, 0.2) is 0 Å². The van der Waals surface area contributed by atoms with E-state index in [1.807, 2.05) is 36.4 Å². The second-order valence-electron chi connectivity index (χ2n) is 5.87. The maximum Gasteiger partial charge on any atom is 0.119 e. The van der Waals surface area contributed by atoms with Crippen molar-refractivity contribution in [1.29, 1.82) is 5.26 Å². The molecule has 0 aliphatic rings. The van der Waals surface area contributed by atoms with Crippen molar-refractivity contribution in [2.75, 3.05) is 11.9 Å². The summed E-state index contributed by atoms with van der Waals surface area (Å²) in [5, 5.41) is 9.96. The van der Waals surface area contributed by atoms with Crippen LogP contribution >= 0.6 is 15.9 Å². The molecule has 0 aromatic heterocycles. The fraction of sp³-hybridized carbons (Fsp3) is 0.381. The van der Waals surface area contributed by atoms with E-state index >= 15 is 0 Å². The number of ether oxygens (including phenoxy) is 1. The van der Waals surface area contributed by atoms with Crippen LogP contribution in [0.15, 0.2) is 48.5 Å². The Hall–Kier alpha value is -1.79. The maximum atomic E-state index is 8.84. The molecular weight excluding hydrogens is 362 g/mol. The van der Waals surface area contributed by atoms with Crippen LogP contribution in [0.2, 0.25) is 0 Å². The molecule has 0 heterocycles. The highest BCUT2D eigenvalue weighted by molar-refractivity contribution is 9.09. The SMILES string of the molecule is N#Cc1ccc(-c2ccc(OCCCCCCCCBr)cc2)cc1. The lowest BCUT2D eigenvalue weighted by Gasteiger charge is -2.08. The average molecular weight is 386 g/mol. The quantitative estimate of drug-likeness (QED) is 0.353. The van der Waals surface area contributed by atoms with Gasteiger partial charge in [-0.2, -0.15) is 5.26 Å². The Bertz CT molecular complexity index is 628. The normalized spacial score (nSPS) is 10.3. The smallest absolute Gasteiger partial charge is 0.119 e. The number of hydrogen-bond donors (Lipinski definition) is 0. The van der Waals surface area contributed by atoms with Crippen molar-refractivity contribution < 1.29 is 4.74 Å². The van der Waals surface area contributed by atoms with Gasteiger partial charge in [0, 0.05) is 5.33 Å². The van der Waals surface area contributed by atoms with E-state index in [4.69, 9.17) is 10.00 Å². The third-order valence-corrected chi connectivity index (χ3v) is 4.56. The first-order valence-electron chi connectivity index (χ1n) is 8.63. The Morgan fingerprint density at radius 2 is 1.29 bits per heavy atom. The van der Waals surface area contributed by atoms with Crippen molar-refractivity contribution in [1.82, 2.24) is 0 Å². The molecule has 126 valence electrons. The first kappa shape index (κ1) is 18.5. The zero-order valence-corrected chi connectivity index (χ0v) is 15.6. The lowest BCUT2D eigenvalue weighted by molar-refractivity contribution is 0.304. The first-order valence-corrected chi connectivity index (χ1v) is 9.75. The molecule has 0 N–H and O–H groups in total. The summed E-state index contributed by atoms with van der Waals surface area (Å²) in [6, 6.07) is 18.0. The number of hydrogen-bond acceptors (Lipinski definition) is 2.